The Morgan fingerprint density at radius 3 is 2.69 bits per heavy atom. The minimum Gasteiger partial charge on any atom is -0.463 e. The van der Waals surface area contributed by atoms with Crippen LogP contribution in [0.1, 0.15) is 84.5 Å². The second-order valence-corrected chi connectivity index (χ2v) is 9.71. The van der Waals surface area contributed by atoms with Crippen molar-refractivity contribution in [2.24, 2.45) is 23.2 Å². The van der Waals surface area contributed by atoms with Gasteiger partial charge >= 0.3 is 11.9 Å². The maximum absolute atomic E-state index is 12.0. The standard InChI is InChI=1S/C24H38O5/c1-16(28-22(26)10-8-6-4-5-7-9-13-25)11-12-19-20-14-18-17(2)23(27)29-21(18)15-24(19,20)3/h16,18-21,25H,2,4-15H2,1,3H3/t16-,18-,19?,20+,21-,24-/m1/s1. The monoisotopic (exact) mass is 406 g/mol. The molecule has 6 atom stereocenters. The van der Waals surface area contributed by atoms with Gasteiger partial charge in [-0.3, -0.25) is 4.79 Å². The Labute approximate surface area is 175 Å². The van der Waals surface area contributed by atoms with Crippen LogP contribution in [0.4, 0.5) is 0 Å². The summed E-state index contributed by atoms with van der Waals surface area (Å²) >= 11 is 0. The van der Waals surface area contributed by atoms with Gasteiger partial charge in [0.2, 0.25) is 0 Å². The smallest absolute Gasteiger partial charge is 0.334 e. The first-order valence-corrected chi connectivity index (χ1v) is 11.6. The van der Waals surface area contributed by atoms with Crippen molar-refractivity contribution in [2.45, 2.75) is 96.7 Å². The van der Waals surface area contributed by atoms with E-state index in [-0.39, 0.29) is 42.1 Å². The Morgan fingerprint density at radius 2 is 1.97 bits per heavy atom. The zero-order valence-corrected chi connectivity index (χ0v) is 18.2. The van der Waals surface area contributed by atoms with E-state index < -0.39 is 0 Å². The summed E-state index contributed by atoms with van der Waals surface area (Å²) in [7, 11) is 0. The summed E-state index contributed by atoms with van der Waals surface area (Å²) in [6.07, 6.45) is 10.6. The van der Waals surface area contributed by atoms with Crippen LogP contribution in [-0.4, -0.2) is 35.9 Å². The van der Waals surface area contributed by atoms with Crippen LogP contribution in [0.2, 0.25) is 0 Å². The van der Waals surface area contributed by atoms with Gasteiger partial charge in [-0.05, 0) is 62.7 Å². The van der Waals surface area contributed by atoms with Crippen molar-refractivity contribution in [3.8, 4) is 0 Å². The Hall–Kier alpha value is -1.36. The number of carbonyl (C=O) groups excluding carboxylic acids is 2. The molecule has 0 bridgehead atoms. The minimum absolute atomic E-state index is 0.0279. The number of esters is 2. The normalized spacial score (nSPS) is 33.6. The molecule has 1 unspecified atom stereocenters. The molecule has 0 radical (unpaired) electrons. The molecule has 2 saturated carbocycles. The van der Waals surface area contributed by atoms with Gasteiger partial charge in [0.05, 0.1) is 6.10 Å². The molecule has 3 rings (SSSR count). The third kappa shape index (κ3) is 5.22. The van der Waals surface area contributed by atoms with Crippen LogP contribution >= 0.6 is 0 Å². The van der Waals surface area contributed by atoms with E-state index in [1.165, 1.54) is 0 Å². The molecule has 29 heavy (non-hydrogen) atoms. The van der Waals surface area contributed by atoms with E-state index in [2.05, 4.69) is 13.5 Å². The lowest BCUT2D eigenvalue weighted by atomic mass is 9.79. The number of hydrogen-bond acceptors (Lipinski definition) is 5. The van der Waals surface area contributed by atoms with Crippen molar-refractivity contribution in [1.82, 2.24) is 0 Å². The van der Waals surface area contributed by atoms with Gasteiger partial charge in [0.25, 0.3) is 0 Å². The summed E-state index contributed by atoms with van der Waals surface area (Å²) in [5, 5.41) is 8.76. The summed E-state index contributed by atoms with van der Waals surface area (Å²) in [6, 6.07) is 0. The maximum Gasteiger partial charge on any atom is 0.334 e. The largest absolute Gasteiger partial charge is 0.463 e. The fraction of sp³-hybridized carbons (Fsp3) is 0.833. The van der Waals surface area contributed by atoms with Crippen LogP contribution in [0.15, 0.2) is 12.2 Å². The van der Waals surface area contributed by atoms with Gasteiger partial charge in [-0.25, -0.2) is 4.79 Å². The molecule has 0 aromatic carbocycles. The average molecular weight is 407 g/mol. The van der Waals surface area contributed by atoms with E-state index in [0.717, 1.165) is 64.2 Å². The number of hydrogen-bond donors (Lipinski definition) is 1. The van der Waals surface area contributed by atoms with Crippen molar-refractivity contribution < 1.29 is 24.2 Å². The summed E-state index contributed by atoms with van der Waals surface area (Å²) in [6.45, 7) is 8.53. The number of aliphatic hydroxyl groups is 1. The first-order chi connectivity index (χ1) is 13.9. The zero-order chi connectivity index (χ0) is 21.0. The highest BCUT2D eigenvalue weighted by Crippen LogP contribution is 2.70. The molecular formula is C24H38O5. The lowest BCUT2D eigenvalue weighted by Gasteiger charge is -2.27. The SMILES string of the molecule is C=C1C(=O)O[C@@H]2C[C@]3(C)C(CC[C@@H](C)OC(=O)CCCCCCCCO)[C@@H]3C[C@H]12. The summed E-state index contributed by atoms with van der Waals surface area (Å²) in [4.78, 5) is 23.8. The Bertz CT molecular complexity index is 614. The number of fused-ring (bicyclic) bond motifs is 2. The third-order valence-electron chi connectivity index (χ3n) is 7.64. The second kappa shape index (κ2) is 9.63. The van der Waals surface area contributed by atoms with Crippen LogP contribution in [-0.2, 0) is 19.1 Å². The number of aliphatic hydroxyl groups excluding tert-OH is 1. The minimum atomic E-state index is -0.202. The topological polar surface area (TPSA) is 72.8 Å². The number of carbonyl (C=O) groups is 2. The first kappa shape index (κ1) is 22.3. The number of rotatable bonds is 12. The van der Waals surface area contributed by atoms with Crippen LogP contribution in [0.3, 0.4) is 0 Å². The third-order valence-corrected chi connectivity index (χ3v) is 7.64. The molecule has 0 aromatic rings. The quantitative estimate of drug-likeness (QED) is 0.292. The van der Waals surface area contributed by atoms with Gasteiger partial charge in [-0.2, -0.15) is 0 Å². The van der Waals surface area contributed by atoms with E-state index in [4.69, 9.17) is 14.6 Å². The van der Waals surface area contributed by atoms with Crippen LogP contribution in [0.5, 0.6) is 0 Å². The van der Waals surface area contributed by atoms with Gasteiger partial charge in [0.1, 0.15) is 6.10 Å². The van der Waals surface area contributed by atoms with Crippen LogP contribution in [0, 0.1) is 23.2 Å². The van der Waals surface area contributed by atoms with Crippen molar-refractivity contribution in [1.29, 1.82) is 0 Å². The van der Waals surface area contributed by atoms with Crippen LogP contribution in [0.25, 0.3) is 0 Å². The van der Waals surface area contributed by atoms with Gasteiger partial charge in [0, 0.05) is 24.5 Å². The molecule has 3 fully saturated rings. The number of unbranched alkanes of at least 4 members (excludes halogenated alkanes) is 5. The highest BCUT2D eigenvalue weighted by molar-refractivity contribution is 5.90. The van der Waals surface area contributed by atoms with Crippen molar-refractivity contribution in [3.63, 3.8) is 0 Å². The van der Waals surface area contributed by atoms with E-state index in [0.29, 0.717) is 23.8 Å². The maximum atomic E-state index is 12.0. The summed E-state index contributed by atoms with van der Waals surface area (Å²) in [5.74, 6) is 1.21. The molecule has 5 heteroatoms. The first-order valence-electron chi connectivity index (χ1n) is 11.6. The summed E-state index contributed by atoms with van der Waals surface area (Å²) in [5.41, 5.74) is 0.935. The van der Waals surface area contributed by atoms with E-state index >= 15 is 0 Å². The molecule has 2 aliphatic carbocycles. The molecule has 3 aliphatic rings. The molecule has 0 amide bonds. The Morgan fingerprint density at radius 1 is 1.28 bits per heavy atom. The summed E-state index contributed by atoms with van der Waals surface area (Å²) < 4.78 is 11.1. The van der Waals surface area contributed by atoms with Gasteiger partial charge in [0.15, 0.2) is 0 Å². The van der Waals surface area contributed by atoms with Crippen molar-refractivity contribution in [2.75, 3.05) is 6.61 Å². The number of ether oxygens (including phenoxy) is 2. The Balaban J connectivity index is 1.30. The van der Waals surface area contributed by atoms with E-state index in [1.807, 2.05) is 6.92 Å². The molecule has 1 heterocycles. The molecule has 164 valence electrons. The highest BCUT2D eigenvalue weighted by Gasteiger charge is 2.66. The van der Waals surface area contributed by atoms with E-state index in [1.54, 1.807) is 0 Å². The molecule has 1 N–H and O–H groups in total. The average Bonchev–Trinajstić information content (AvgIpc) is 3.15. The van der Waals surface area contributed by atoms with Gasteiger partial charge < -0.3 is 14.6 Å². The van der Waals surface area contributed by atoms with Crippen molar-refractivity contribution in [3.05, 3.63) is 12.2 Å². The van der Waals surface area contributed by atoms with Crippen LogP contribution < -0.4 is 0 Å². The van der Waals surface area contributed by atoms with Gasteiger partial charge in [-0.15, -0.1) is 0 Å². The molecule has 0 spiro atoms. The van der Waals surface area contributed by atoms with Gasteiger partial charge in [-0.1, -0.05) is 39.2 Å². The molecule has 1 saturated heterocycles. The Kier molecular flexibility index (Phi) is 7.42. The lowest BCUT2D eigenvalue weighted by Crippen LogP contribution is -2.26. The second-order valence-electron chi connectivity index (χ2n) is 9.71. The molecule has 0 aromatic heterocycles. The fourth-order valence-electron chi connectivity index (χ4n) is 5.73. The molecule has 5 nitrogen and oxygen atoms in total. The fourth-order valence-corrected chi connectivity index (χ4v) is 5.73. The molecular weight excluding hydrogens is 368 g/mol. The highest BCUT2D eigenvalue weighted by atomic mass is 16.6. The predicted molar refractivity (Wildman–Crippen MR) is 111 cm³/mol. The molecule has 1 aliphatic heterocycles. The van der Waals surface area contributed by atoms with Crippen molar-refractivity contribution >= 4 is 11.9 Å². The zero-order valence-electron chi connectivity index (χ0n) is 18.2. The lowest BCUT2D eigenvalue weighted by molar-refractivity contribution is -0.148. The predicted octanol–water partition coefficient (Wildman–Crippen LogP) is 4.57. The van der Waals surface area contributed by atoms with E-state index in [9.17, 15) is 9.59 Å².